The van der Waals surface area contributed by atoms with Crippen molar-refractivity contribution >= 4 is 34.0 Å². The van der Waals surface area contributed by atoms with Crippen molar-refractivity contribution in [2.45, 2.75) is 33.6 Å². The van der Waals surface area contributed by atoms with E-state index in [1.807, 2.05) is 93.6 Å². The number of hydrogen-bond acceptors (Lipinski definition) is 4. The molecule has 0 fully saturated rings. The predicted octanol–water partition coefficient (Wildman–Crippen LogP) is 6.40. The second-order valence-corrected chi connectivity index (χ2v) is 9.40. The smallest absolute Gasteiger partial charge is 0.267 e. The van der Waals surface area contributed by atoms with Gasteiger partial charge in [-0.3, -0.25) is 9.59 Å². The molecule has 172 valence electrons. The van der Waals surface area contributed by atoms with E-state index in [0.29, 0.717) is 15.7 Å². The lowest BCUT2D eigenvalue weighted by atomic mass is 9.90. The van der Waals surface area contributed by atoms with Gasteiger partial charge in [-0.1, -0.05) is 89.7 Å². The van der Waals surface area contributed by atoms with E-state index in [1.165, 1.54) is 11.3 Å². The molecule has 1 heterocycles. The van der Waals surface area contributed by atoms with Crippen LogP contribution in [0.2, 0.25) is 0 Å². The molecule has 3 aromatic carbocycles. The van der Waals surface area contributed by atoms with Gasteiger partial charge in [-0.2, -0.15) is 0 Å². The summed E-state index contributed by atoms with van der Waals surface area (Å²) in [5.74, 6) is -0.904. The number of amides is 2. The third-order valence-corrected chi connectivity index (χ3v) is 6.75. The maximum Gasteiger partial charge on any atom is 0.267 e. The molecular formula is C28H27N3O2S. The van der Waals surface area contributed by atoms with E-state index in [2.05, 4.69) is 15.6 Å². The Labute approximate surface area is 203 Å². The van der Waals surface area contributed by atoms with Gasteiger partial charge in [0.25, 0.3) is 5.91 Å². The Morgan fingerprint density at radius 2 is 1.32 bits per heavy atom. The van der Waals surface area contributed by atoms with Crippen LogP contribution in [-0.2, 0) is 4.79 Å². The zero-order chi connectivity index (χ0) is 24.2. The highest BCUT2D eigenvalue weighted by molar-refractivity contribution is 7.17. The minimum absolute atomic E-state index is 0.191. The van der Waals surface area contributed by atoms with Gasteiger partial charge >= 0.3 is 0 Å². The number of anilines is 2. The number of aryl methyl sites for hydroxylation is 4. The molecule has 0 spiro atoms. The molecule has 5 nitrogen and oxygen atoms in total. The second kappa shape index (κ2) is 10.0. The standard InChI is InChI=1S/C28H27N3O2S/c1-17-15-18(2)24(19(3)16-17)30-27(33)25-20(4)29-28(34-25)31-26(32)23(21-11-7-5-8-12-21)22-13-9-6-10-14-22/h5-16,23H,1-4H3,(H,30,33)(H,29,31,32). The molecule has 0 atom stereocenters. The van der Waals surface area contributed by atoms with Gasteiger partial charge in [-0.05, 0) is 49.9 Å². The van der Waals surface area contributed by atoms with Crippen LogP contribution >= 0.6 is 11.3 Å². The molecule has 4 aromatic rings. The van der Waals surface area contributed by atoms with Gasteiger partial charge in [0, 0.05) is 5.69 Å². The zero-order valence-electron chi connectivity index (χ0n) is 19.7. The molecular weight excluding hydrogens is 442 g/mol. The van der Waals surface area contributed by atoms with Crippen molar-refractivity contribution in [3.8, 4) is 0 Å². The molecule has 0 saturated carbocycles. The van der Waals surface area contributed by atoms with Gasteiger partial charge in [0.05, 0.1) is 11.6 Å². The molecule has 1 aromatic heterocycles. The molecule has 0 unspecified atom stereocenters. The average Bonchev–Trinajstić information content (AvgIpc) is 3.17. The van der Waals surface area contributed by atoms with Crippen LogP contribution in [0.15, 0.2) is 72.8 Å². The summed E-state index contributed by atoms with van der Waals surface area (Å²) in [7, 11) is 0. The summed E-state index contributed by atoms with van der Waals surface area (Å²) in [5, 5.41) is 6.36. The van der Waals surface area contributed by atoms with Gasteiger partial charge in [0.15, 0.2) is 5.13 Å². The van der Waals surface area contributed by atoms with Crippen LogP contribution in [0.1, 0.15) is 49.1 Å². The molecule has 0 aliphatic heterocycles. The fourth-order valence-corrected chi connectivity index (χ4v) is 5.04. The highest BCUT2D eigenvalue weighted by Crippen LogP contribution is 2.30. The van der Waals surface area contributed by atoms with Crippen molar-refractivity contribution in [1.29, 1.82) is 0 Å². The Bertz CT molecular complexity index is 1270. The monoisotopic (exact) mass is 469 g/mol. The summed E-state index contributed by atoms with van der Waals surface area (Å²) >= 11 is 1.18. The van der Waals surface area contributed by atoms with Crippen molar-refractivity contribution in [3.05, 3.63) is 111 Å². The maximum absolute atomic E-state index is 13.4. The van der Waals surface area contributed by atoms with Gasteiger partial charge in [-0.25, -0.2) is 4.98 Å². The Morgan fingerprint density at radius 1 is 0.794 bits per heavy atom. The molecule has 2 amide bonds. The number of thiazole rings is 1. The molecule has 4 rings (SSSR count). The normalized spacial score (nSPS) is 10.9. The zero-order valence-corrected chi connectivity index (χ0v) is 20.5. The Morgan fingerprint density at radius 3 is 1.85 bits per heavy atom. The van der Waals surface area contributed by atoms with Crippen molar-refractivity contribution in [2.75, 3.05) is 10.6 Å². The minimum atomic E-state index is -0.484. The number of rotatable bonds is 6. The molecule has 6 heteroatoms. The lowest BCUT2D eigenvalue weighted by molar-refractivity contribution is -0.116. The molecule has 0 bridgehead atoms. The number of hydrogen-bond donors (Lipinski definition) is 2. The quantitative estimate of drug-likeness (QED) is 0.343. The van der Waals surface area contributed by atoms with Crippen molar-refractivity contribution in [2.24, 2.45) is 0 Å². The van der Waals surface area contributed by atoms with E-state index in [0.717, 1.165) is 33.5 Å². The lowest BCUT2D eigenvalue weighted by Gasteiger charge is -2.17. The first kappa shape index (κ1) is 23.4. The van der Waals surface area contributed by atoms with E-state index in [9.17, 15) is 9.59 Å². The lowest BCUT2D eigenvalue weighted by Crippen LogP contribution is -2.22. The highest BCUT2D eigenvalue weighted by Gasteiger charge is 2.25. The topological polar surface area (TPSA) is 71.1 Å². The second-order valence-electron chi connectivity index (χ2n) is 8.41. The van der Waals surface area contributed by atoms with Crippen LogP contribution in [0.3, 0.4) is 0 Å². The first-order valence-electron chi connectivity index (χ1n) is 11.1. The van der Waals surface area contributed by atoms with E-state index < -0.39 is 5.92 Å². The molecule has 0 radical (unpaired) electrons. The van der Waals surface area contributed by atoms with E-state index in [1.54, 1.807) is 6.92 Å². The summed E-state index contributed by atoms with van der Waals surface area (Å²) in [5.41, 5.74) is 6.34. The van der Waals surface area contributed by atoms with Crippen molar-refractivity contribution < 1.29 is 9.59 Å². The van der Waals surface area contributed by atoms with Crippen LogP contribution in [0.4, 0.5) is 10.8 Å². The SMILES string of the molecule is Cc1cc(C)c(NC(=O)c2sc(NC(=O)C(c3ccccc3)c3ccccc3)nc2C)c(C)c1. The highest BCUT2D eigenvalue weighted by atomic mass is 32.1. The minimum Gasteiger partial charge on any atom is -0.321 e. The molecule has 0 aliphatic carbocycles. The van der Waals surface area contributed by atoms with E-state index in [-0.39, 0.29) is 11.8 Å². The number of benzene rings is 3. The van der Waals surface area contributed by atoms with Crippen LogP contribution < -0.4 is 10.6 Å². The van der Waals surface area contributed by atoms with Gasteiger partial charge in [-0.15, -0.1) is 0 Å². The van der Waals surface area contributed by atoms with Crippen molar-refractivity contribution in [1.82, 2.24) is 4.98 Å². The number of nitrogens with one attached hydrogen (secondary N) is 2. The van der Waals surface area contributed by atoms with Crippen LogP contribution in [0.5, 0.6) is 0 Å². The molecule has 0 saturated heterocycles. The van der Waals surface area contributed by atoms with Crippen LogP contribution in [0, 0.1) is 27.7 Å². The van der Waals surface area contributed by atoms with Gasteiger partial charge < -0.3 is 10.6 Å². The number of carbonyl (C=O) groups excluding carboxylic acids is 2. The van der Waals surface area contributed by atoms with Crippen LogP contribution in [0.25, 0.3) is 0 Å². The fraction of sp³-hybridized carbons (Fsp3) is 0.179. The Kier molecular flexibility index (Phi) is 6.89. The number of nitrogens with zero attached hydrogens (tertiary/aromatic N) is 1. The van der Waals surface area contributed by atoms with Crippen LogP contribution in [-0.4, -0.2) is 16.8 Å². The first-order chi connectivity index (χ1) is 16.3. The van der Waals surface area contributed by atoms with Crippen molar-refractivity contribution in [3.63, 3.8) is 0 Å². The number of aromatic nitrogens is 1. The number of carbonyl (C=O) groups is 2. The third-order valence-electron chi connectivity index (χ3n) is 5.68. The van der Waals surface area contributed by atoms with Gasteiger partial charge in [0.1, 0.15) is 4.88 Å². The van der Waals surface area contributed by atoms with Gasteiger partial charge in [0.2, 0.25) is 5.91 Å². The first-order valence-corrected chi connectivity index (χ1v) is 11.9. The molecule has 34 heavy (non-hydrogen) atoms. The van der Waals surface area contributed by atoms with E-state index >= 15 is 0 Å². The summed E-state index contributed by atoms with van der Waals surface area (Å²) in [6.07, 6.45) is 0. The Balaban J connectivity index is 1.57. The summed E-state index contributed by atoms with van der Waals surface area (Å²) < 4.78 is 0. The maximum atomic E-state index is 13.4. The van der Waals surface area contributed by atoms with E-state index in [4.69, 9.17) is 0 Å². The summed E-state index contributed by atoms with van der Waals surface area (Å²) in [6, 6.07) is 23.4. The predicted molar refractivity (Wildman–Crippen MR) is 139 cm³/mol. The third kappa shape index (κ3) is 5.07. The fourth-order valence-electron chi connectivity index (χ4n) is 4.17. The summed E-state index contributed by atoms with van der Waals surface area (Å²) in [4.78, 5) is 31.4. The summed E-state index contributed by atoms with van der Waals surface area (Å²) in [6.45, 7) is 7.77. The molecule has 2 N–H and O–H groups in total. The molecule has 0 aliphatic rings. The average molecular weight is 470 g/mol. The Hall–Kier alpha value is -3.77. The largest absolute Gasteiger partial charge is 0.321 e.